The minimum atomic E-state index is -0.437. The largest absolute Gasteiger partial charge is 0.206 e. The number of hydrogen-bond donors (Lipinski definition) is 0. The maximum Gasteiger partial charge on any atom is 0.134 e. The molecule has 2 aromatic rings. The standard InChI is InChI=1S/C29H34F2/c1-3-5-7-20-8-11-22(12-9-20)29-27(30)18-26(19-28(29)31)25-15-14-23-16-21(6-4-2)10-13-24(23)17-25/h3-4,6,8-9,11-12,18-19,21,23-25H,1,5,7,10,13-17H2,2H3/b6-4+. The first kappa shape index (κ1) is 22.0. The van der Waals surface area contributed by atoms with Crippen molar-refractivity contribution in [1.29, 1.82) is 0 Å². The van der Waals surface area contributed by atoms with E-state index in [-0.39, 0.29) is 11.5 Å². The second-order valence-corrected chi connectivity index (χ2v) is 9.51. The average molecular weight is 421 g/mol. The van der Waals surface area contributed by atoms with Gasteiger partial charge in [0.25, 0.3) is 0 Å². The first-order valence-electron chi connectivity index (χ1n) is 11.9. The molecule has 4 unspecified atom stereocenters. The molecule has 0 saturated heterocycles. The number of halogens is 2. The lowest BCUT2D eigenvalue weighted by Crippen LogP contribution is -2.30. The van der Waals surface area contributed by atoms with E-state index < -0.39 is 11.6 Å². The molecule has 0 amide bonds. The Hall–Kier alpha value is -2.22. The van der Waals surface area contributed by atoms with Crippen molar-refractivity contribution in [2.45, 2.75) is 64.2 Å². The summed E-state index contributed by atoms with van der Waals surface area (Å²) in [7, 11) is 0. The summed E-state index contributed by atoms with van der Waals surface area (Å²) in [5, 5.41) is 0. The Kier molecular flexibility index (Phi) is 7.05. The molecule has 4 rings (SSSR count). The summed E-state index contributed by atoms with van der Waals surface area (Å²) < 4.78 is 30.1. The Morgan fingerprint density at radius 2 is 1.61 bits per heavy atom. The lowest BCUT2D eigenvalue weighted by molar-refractivity contribution is 0.133. The molecular formula is C29H34F2. The normalized spacial score (nSPS) is 26.0. The molecule has 0 nitrogen and oxygen atoms in total. The van der Waals surface area contributed by atoms with Gasteiger partial charge in [-0.2, -0.15) is 0 Å². The molecule has 2 aliphatic rings. The molecule has 0 aliphatic heterocycles. The number of rotatable bonds is 6. The van der Waals surface area contributed by atoms with Gasteiger partial charge >= 0.3 is 0 Å². The quantitative estimate of drug-likeness (QED) is 0.410. The van der Waals surface area contributed by atoms with Crippen LogP contribution in [0, 0.1) is 29.4 Å². The molecule has 31 heavy (non-hydrogen) atoms. The van der Waals surface area contributed by atoms with Gasteiger partial charge in [-0.3, -0.25) is 0 Å². The summed E-state index contributed by atoms with van der Waals surface area (Å²) in [4.78, 5) is 0. The van der Waals surface area contributed by atoms with Gasteiger partial charge < -0.3 is 0 Å². The molecule has 2 heteroatoms. The van der Waals surface area contributed by atoms with Crippen LogP contribution in [-0.4, -0.2) is 0 Å². The van der Waals surface area contributed by atoms with E-state index in [0.29, 0.717) is 11.5 Å². The molecule has 0 heterocycles. The second kappa shape index (κ2) is 9.94. The highest BCUT2D eigenvalue weighted by atomic mass is 19.1. The summed E-state index contributed by atoms with van der Waals surface area (Å²) in [6.07, 6.45) is 15.3. The number of aryl methyl sites for hydroxylation is 1. The van der Waals surface area contributed by atoms with Gasteiger partial charge in [0.2, 0.25) is 0 Å². The Morgan fingerprint density at radius 1 is 0.935 bits per heavy atom. The van der Waals surface area contributed by atoms with E-state index in [1.807, 2.05) is 30.3 Å². The number of fused-ring (bicyclic) bond motifs is 1. The van der Waals surface area contributed by atoms with Crippen LogP contribution >= 0.6 is 0 Å². The van der Waals surface area contributed by atoms with Crippen LogP contribution in [0.15, 0.2) is 61.2 Å². The summed E-state index contributed by atoms with van der Waals surface area (Å²) in [6.45, 7) is 5.85. The van der Waals surface area contributed by atoms with Gasteiger partial charge in [0.1, 0.15) is 11.6 Å². The molecule has 2 saturated carbocycles. The smallest absolute Gasteiger partial charge is 0.134 e. The van der Waals surface area contributed by atoms with E-state index in [2.05, 4.69) is 25.7 Å². The van der Waals surface area contributed by atoms with Crippen molar-refractivity contribution in [3.05, 3.63) is 84.0 Å². The van der Waals surface area contributed by atoms with Crippen molar-refractivity contribution in [2.24, 2.45) is 17.8 Å². The van der Waals surface area contributed by atoms with Crippen molar-refractivity contribution in [3.63, 3.8) is 0 Å². The zero-order valence-electron chi connectivity index (χ0n) is 18.6. The Bertz CT molecular complexity index is 901. The van der Waals surface area contributed by atoms with Crippen molar-refractivity contribution in [2.75, 3.05) is 0 Å². The molecule has 4 atom stereocenters. The van der Waals surface area contributed by atoms with E-state index >= 15 is 8.78 Å². The average Bonchev–Trinajstić information content (AvgIpc) is 2.78. The van der Waals surface area contributed by atoms with Crippen molar-refractivity contribution in [3.8, 4) is 11.1 Å². The topological polar surface area (TPSA) is 0 Å². The second-order valence-electron chi connectivity index (χ2n) is 9.51. The van der Waals surface area contributed by atoms with Crippen LogP contribution in [0.4, 0.5) is 8.78 Å². The number of hydrogen-bond acceptors (Lipinski definition) is 0. The minimum Gasteiger partial charge on any atom is -0.206 e. The van der Waals surface area contributed by atoms with E-state index in [9.17, 15) is 0 Å². The molecule has 0 radical (unpaired) electrons. The molecule has 2 aromatic carbocycles. The lowest BCUT2D eigenvalue weighted by atomic mass is 9.64. The molecule has 0 bridgehead atoms. The van der Waals surface area contributed by atoms with Crippen molar-refractivity contribution < 1.29 is 8.78 Å². The summed E-state index contributed by atoms with van der Waals surface area (Å²) >= 11 is 0. The third kappa shape index (κ3) is 5.00. The van der Waals surface area contributed by atoms with Crippen molar-refractivity contribution >= 4 is 0 Å². The Labute approximate surface area is 186 Å². The monoisotopic (exact) mass is 420 g/mol. The molecule has 164 valence electrons. The van der Waals surface area contributed by atoms with E-state index in [1.54, 1.807) is 12.1 Å². The summed E-state index contributed by atoms with van der Waals surface area (Å²) in [6, 6.07) is 10.8. The van der Waals surface area contributed by atoms with Gasteiger partial charge in [0.15, 0.2) is 0 Å². The third-order valence-corrected chi connectivity index (χ3v) is 7.53. The van der Waals surface area contributed by atoms with Gasteiger partial charge in [-0.25, -0.2) is 8.78 Å². The van der Waals surface area contributed by atoms with Gasteiger partial charge in [-0.1, -0.05) is 42.5 Å². The van der Waals surface area contributed by atoms with Crippen LogP contribution in [0.3, 0.4) is 0 Å². The van der Waals surface area contributed by atoms with Crippen LogP contribution in [-0.2, 0) is 6.42 Å². The van der Waals surface area contributed by atoms with Crippen molar-refractivity contribution in [1.82, 2.24) is 0 Å². The first-order valence-corrected chi connectivity index (χ1v) is 11.9. The van der Waals surface area contributed by atoms with Crippen LogP contribution in [0.1, 0.15) is 68.9 Å². The number of allylic oxidation sites excluding steroid dienone is 3. The fourth-order valence-corrected chi connectivity index (χ4v) is 5.89. The van der Waals surface area contributed by atoms with Gasteiger partial charge in [-0.15, -0.1) is 6.58 Å². The molecule has 2 fully saturated rings. The highest BCUT2D eigenvalue weighted by Crippen LogP contribution is 2.48. The van der Waals surface area contributed by atoms with E-state index in [0.717, 1.165) is 48.6 Å². The zero-order chi connectivity index (χ0) is 21.8. The first-order chi connectivity index (χ1) is 15.1. The van der Waals surface area contributed by atoms with Gasteiger partial charge in [-0.05, 0) is 111 Å². The molecule has 0 aromatic heterocycles. The summed E-state index contributed by atoms with van der Waals surface area (Å²) in [5.74, 6) is 1.61. The Balaban J connectivity index is 1.48. The highest BCUT2D eigenvalue weighted by Gasteiger charge is 2.35. The molecule has 0 N–H and O–H groups in total. The van der Waals surface area contributed by atoms with Gasteiger partial charge in [0.05, 0.1) is 5.56 Å². The van der Waals surface area contributed by atoms with E-state index in [4.69, 9.17) is 0 Å². The van der Waals surface area contributed by atoms with Crippen LogP contribution in [0.2, 0.25) is 0 Å². The zero-order valence-corrected chi connectivity index (χ0v) is 18.6. The third-order valence-electron chi connectivity index (χ3n) is 7.53. The predicted octanol–water partition coefficient (Wildman–Crippen LogP) is 8.63. The molecule has 0 spiro atoms. The predicted molar refractivity (Wildman–Crippen MR) is 126 cm³/mol. The highest BCUT2D eigenvalue weighted by molar-refractivity contribution is 5.65. The SMILES string of the molecule is C=CCCc1ccc(-c2c(F)cc(C3CCC4CC(/C=C/C)CCC4C3)cc2F)cc1. The van der Waals surface area contributed by atoms with Gasteiger partial charge in [0, 0.05) is 0 Å². The number of benzene rings is 2. The lowest BCUT2D eigenvalue weighted by Gasteiger charge is -2.42. The van der Waals surface area contributed by atoms with E-state index in [1.165, 1.54) is 25.7 Å². The Morgan fingerprint density at radius 3 is 2.29 bits per heavy atom. The van der Waals surface area contributed by atoms with Crippen LogP contribution in [0.5, 0.6) is 0 Å². The summed E-state index contributed by atoms with van der Waals surface area (Å²) in [5.41, 5.74) is 2.70. The fraction of sp³-hybridized carbons (Fsp3) is 0.448. The van der Waals surface area contributed by atoms with Crippen LogP contribution < -0.4 is 0 Å². The molecular weight excluding hydrogens is 386 g/mol. The van der Waals surface area contributed by atoms with Crippen LogP contribution in [0.25, 0.3) is 11.1 Å². The maximum absolute atomic E-state index is 15.1. The maximum atomic E-state index is 15.1. The minimum absolute atomic E-state index is 0.0968. The molecule has 2 aliphatic carbocycles. The fourth-order valence-electron chi connectivity index (χ4n) is 5.89.